The summed E-state index contributed by atoms with van der Waals surface area (Å²) in [4.78, 5) is 11.4. The number of rotatable bonds is 7. The van der Waals surface area contributed by atoms with Gasteiger partial charge in [0.25, 0.3) is 0 Å². The highest BCUT2D eigenvalue weighted by Gasteiger charge is 2.22. The van der Waals surface area contributed by atoms with Gasteiger partial charge in [-0.25, -0.2) is 0 Å². The Labute approximate surface area is 116 Å². The maximum Gasteiger partial charge on any atom is 0.123 e. The van der Waals surface area contributed by atoms with Gasteiger partial charge < -0.3 is 4.79 Å². The van der Waals surface area contributed by atoms with Gasteiger partial charge in [-0.15, -0.1) is 0 Å². The van der Waals surface area contributed by atoms with Gasteiger partial charge in [0.1, 0.15) is 6.29 Å². The Balaban J connectivity index is 2.85. The first-order valence-corrected chi connectivity index (χ1v) is 7.20. The lowest BCUT2D eigenvalue weighted by atomic mass is 9.80. The molecule has 0 saturated heterocycles. The minimum Gasteiger partial charge on any atom is -0.303 e. The van der Waals surface area contributed by atoms with Crippen LogP contribution in [0, 0.1) is 11.8 Å². The topological polar surface area (TPSA) is 17.1 Å². The third kappa shape index (κ3) is 4.13. The van der Waals surface area contributed by atoms with E-state index >= 15 is 0 Å². The van der Waals surface area contributed by atoms with Crippen molar-refractivity contribution in [3.8, 4) is 0 Å². The molecule has 1 nitrogen and oxygen atoms in total. The van der Waals surface area contributed by atoms with E-state index in [-0.39, 0.29) is 5.92 Å². The first kappa shape index (κ1) is 15.2. The first-order valence-electron chi connectivity index (χ1n) is 6.83. The number of aldehydes is 1. The van der Waals surface area contributed by atoms with Gasteiger partial charge in [-0.3, -0.25) is 0 Å². The van der Waals surface area contributed by atoms with Crippen molar-refractivity contribution < 1.29 is 4.79 Å². The van der Waals surface area contributed by atoms with E-state index in [0.29, 0.717) is 11.8 Å². The number of benzene rings is 1. The molecule has 0 amide bonds. The van der Waals surface area contributed by atoms with E-state index in [4.69, 9.17) is 11.6 Å². The van der Waals surface area contributed by atoms with E-state index in [9.17, 15) is 4.79 Å². The molecule has 2 heteroatoms. The Morgan fingerprint density at radius 2 is 1.78 bits per heavy atom. The molecule has 0 N–H and O–H groups in total. The van der Waals surface area contributed by atoms with Crippen LogP contribution in [0.1, 0.15) is 51.5 Å². The Kier molecular flexibility index (Phi) is 6.42. The summed E-state index contributed by atoms with van der Waals surface area (Å²) >= 11 is 5.91. The van der Waals surface area contributed by atoms with Gasteiger partial charge in [-0.05, 0) is 42.4 Å². The third-order valence-corrected chi connectivity index (χ3v) is 4.05. The van der Waals surface area contributed by atoms with Gasteiger partial charge in [0, 0.05) is 10.9 Å². The van der Waals surface area contributed by atoms with E-state index in [2.05, 4.69) is 20.8 Å². The van der Waals surface area contributed by atoms with Crippen molar-refractivity contribution in [2.45, 2.75) is 46.0 Å². The molecule has 1 aromatic carbocycles. The quantitative estimate of drug-likeness (QED) is 0.629. The second-order valence-corrected chi connectivity index (χ2v) is 5.55. The molecule has 0 heterocycles. The van der Waals surface area contributed by atoms with Gasteiger partial charge in [0.2, 0.25) is 0 Å². The van der Waals surface area contributed by atoms with Crippen molar-refractivity contribution >= 4 is 17.9 Å². The molecule has 1 rings (SSSR count). The highest BCUT2D eigenvalue weighted by molar-refractivity contribution is 6.30. The minimum absolute atomic E-state index is 0.117. The van der Waals surface area contributed by atoms with Gasteiger partial charge in [-0.1, -0.05) is 50.9 Å². The molecule has 0 aliphatic rings. The van der Waals surface area contributed by atoms with Crippen molar-refractivity contribution in [3.63, 3.8) is 0 Å². The number of hydrogen-bond acceptors (Lipinski definition) is 1. The number of carbonyl (C=O) groups is 1. The highest BCUT2D eigenvalue weighted by Crippen LogP contribution is 2.32. The summed E-state index contributed by atoms with van der Waals surface area (Å²) in [7, 11) is 0. The maximum absolute atomic E-state index is 11.4. The fourth-order valence-corrected chi connectivity index (χ4v) is 2.57. The Bertz CT molecular complexity index is 358. The van der Waals surface area contributed by atoms with Crippen LogP contribution in [0.15, 0.2) is 24.3 Å². The van der Waals surface area contributed by atoms with Gasteiger partial charge in [0.15, 0.2) is 0 Å². The zero-order chi connectivity index (χ0) is 13.5. The summed E-state index contributed by atoms with van der Waals surface area (Å²) in [6.07, 6.45) is 4.22. The fraction of sp³-hybridized carbons (Fsp3) is 0.562. The van der Waals surface area contributed by atoms with Crippen molar-refractivity contribution in [2.75, 3.05) is 0 Å². The lowest BCUT2D eigenvalue weighted by Gasteiger charge is -2.24. The SMILES string of the molecule is CCC(C)CC(C=O)C(CC)c1ccc(Cl)cc1. The number of hydrogen-bond donors (Lipinski definition) is 0. The van der Waals surface area contributed by atoms with Crippen molar-refractivity contribution in [1.82, 2.24) is 0 Å². The highest BCUT2D eigenvalue weighted by atomic mass is 35.5. The Morgan fingerprint density at radius 3 is 2.22 bits per heavy atom. The van der Waals surface area contributed by atoms with Crippen LogP contribution < -0.4 is 0 Å². The summed E-state index contributed by atoms with van der Waals surface area (Å²) in [5.41, 5.74) is 1.22. The van der Waals surface area contributed by atoms with E-state index in [1.54, 1.807) is 0 Å². The number of carbonyl (C=O) groups excluding carboxylic acids is 1. The van der Waals surface area contributed by atoms with Crippen LogP contribution >= 0.6 is 11.6 Å². The molecule has 0 spiro atoms. The van der Waals surface area contributed by atoms with Crippen LogP contribution in [0.25, 0.3) is 0 Å². The summed E-state index contributed by atoms with van der Waals surface area (Å²) < 4.78 is 0. The predicted molar refractivity (Wildman–Crippen MR) is 78.1 cm³/mol. The van der Waals surface area contributed by atoms with Crippen LogP contribution in [0.5, 0.6) is 0 Å². The molecule has 3 atom stereocenters. The van der Waals surface area contributed by atoms with Crippen molar-refractivity contribution in [3.05, 3.63) is 34.9 Å². The molecule has 3 unspecified atom stereocenters. The molecule has 0 bridgehead atoms. The fourth-order valence-electron chi connectivity index (χ4n) is 2.44. The van der Waals surface area contributed by atoms with Crippen LogP contribution in [-0.4, -0.2) is 6.29 Å². The maximum atomic E-state index is 11.4. The molecule has 18 heavy (non-hydrogen) atoms. The summed E-state index contributed by atoms with van der Waals surface area (Å²) in [6.45, 7) is 6.53. The van der Waals surface area contributed by atoms with Crippen LogP contribution in [0.4, 0.5) is 0 Å². The number of halogens is 1. The molecule has 0 aromatic heterocycles. The monoisotopic (exact) mass is 266 g/mol. The van der Waals surface area contributed by atoms with Gasteiger partial charge in [0.05, 0.1) is 0 Å². The largest absolute Gasteiger partial charge is 0.303 e. The molecular weight excluding hydrogens is 244 g/mol. The second-order valence-electron chi connectivity index (χ2n) is 5.12. The third-order valence-electron chi connectivity index (χ3n) is 3.80. The lowest BCUT2D eigenvalue weighted by molar-refractivity contribution is -0.112. The molecule has 100 valence electrons. The van der Waals surface area contributed by atoms with E-state index in [1.807, 2.05) is 24.3 Å². The van der Waals surface area contributed by atoms with Gasteiger partial charge >= 0.3 is 0 Å². The zero-order valence-electron chi connectivity index (χ0n) is 11.5. The molecule has 1 aromatic rings. The van der Waals surface area contributed by atoms with Crippen molar-refractivity contribution in [2.24, 2.45) is 11.8 Å². The van der Waals surface area contributed by atoms with E-state index < -0.39 is 0 Å². The van der Waals surface area contributed by atoms with Crippen LogP contribution in [0.3, 0.4) is 0 Å². The normalized spacial score (nSPS) is 16.0. The average molecular weight is 267 g/mol. The second kappa shape index (κ2) is 7.58. The first-order chi connectivity index (χ1) is 8.62. The summed E-state index contributed by atoms with van der Waals surface area (Å²) in [5.74, 6) is 1.03. The summed E-state index contributed by atoms with van der Waals surface area (Å²) in [6, 6.07) is 7.91. The molecule has 0 aliphatic carbocycles. The molecule has 0 aliphatic heterocycles. The van der Waals surface area contributed by atoms with Gasteiger partial charge in [-0.2, -0.15) is 0 Å². The molecule has 0 radical (unpaired) electrons. The molecule has 0 fully saturated rings. The summed E-state index contributed by atoms with van der Waals surface area (Å²) in [5, 5.41) is 0.748. The van der Waals surface area contributed by atoms with E-state index in [0.717, 1.165) is 30.6 Å². The Morgan fingerprint density at radius 1 is 1.17 bits per heavy atom. The smallest absolute Gasteiger partial charge is 0.123 e. The van der Waals surface area contributed by atoms with Crippen LogP contribution in [0.2, 0.25) is 5.02 Å². The zero-order valence-corrected chi connectivity index (χ0v) is 12.3. The van der Waals surface area contributed by atoms with Crippen LogP contribution in [-0.2, 0) is 4.79 Å². The predicted octanol–water partition coefficient (Wildman–Crippen LogP) is 5.08. The Hall–Kier alpha value is -0.820. The minimum atomic E-state index is 0.117. The van der Waals surface area contributed by atoms with E-state index in [1.165, 1.54) is 5.56 Å². The van der Waals surface area contributed by atoms with Crippen molar-refractivity contribution in [1.29, 1.82) is 0 Å². The average Bonchev–Trinajstić information content (AvgIpc) is 2.40. The molecule has 0 saturated carbocycles. The standard InChI is InChI=1S/C16H23ClO/c1-4-12(3)10-14(11-18)16(5-2)13-6-8-15(17)9-7-13/h6-9,11-12,14,16H,4-5,10H2,1-3H3. The molecular formula is C16H23ClO. The lowest BCUT2D eigenvalue weighted by Crippen LogP contribution is -2.17.